The first kappa shape index (κ1) is 9.03. The van der Waals surface area contributed by atoms with Crippen molar-refractivity contribution in [1.29, 1.82) is 0 Å². The molecule has 0 aromatic carbocycles. The van der Waals surface area contributed by atoms with Crippen molar-refractivity contribution >= 4 is 0 Å². The molecule has 0 atom stereocenters. The molecule has 66 valence electrons. The summed E-state index contributed by atoms with van der Waals surface area (Å²) in [4.78, 5) is 2.64. The molecule has 1 nitrogen and oxygen atoms in total. The molecule has 1 aromatic rings. The first-order valence-electron chi connectivity index (χ1n) is 3.47. The van der Waals surface area contributed by atoms with Gasteiger partial charge in [-0.25, -0.2) is 4.98 Å². The van der Waals surface area contributed by atoms with Gasteiger partial charge in [-0.05, 0) is 13.8 Å². The summed E-state index contributed by atoms with van der Waals surface area (Å²) in [6, 6.07) is 0. The highest BCUT2D eigenvalue weighted by Crippen LogP contribution is 2.32. The molecule has 0 aliphatic carbocycles. The van der Waals surface area contributed by atoms with Crippen LogP contribution in [0.2, 0.25) is 0 Å². The van der Waals surface area contributed by atoms with Gasteiger partial charge < -0.3 is 0 Å². The van der Waals surface area contributed by atoms with E-state index in [2.05, 4.69) is 4.98 Å². The van der Waals surface area contributed by atoms with Gasteiger partial charge >= 0.3 is 6.18 Å². The van der Waals surface area contributed by atoms with Gasteiger partial charge in [-0.3, -0.25) is 0 Å². The van der Waals surface area contributed by atoms with Gasteiger partial charge in [0.15, 0.2) is 12.4 Å². The molecule has 0 bridgehead atoms. The third kappa shape index (κ3) is 1.57. The largest absolute Gasteiger partial charge is 0.417 e. The molecule has 0 fully saturated rings. The lowest BCUT2D eigenvalue weighted by Gasteiger charge is -2.09. The standard InChI is InChI=1S/C8H8F3N/c1-5-3-12-4-6(2)7(5)8(9,10)11/h3-4H,1-2H3/p+1. The van der Waals surface area contributed by atoms with Crippen molar-refractivity contribution in [1.82, 2.24) is 0 Å². The number of halogens is 3. The quantitative estimate of drug-likeness (QED) is 0.575. The number of nitrogens with one attached hydrogen (secondary N) is 1. The number of aromatic nitrogens is 1. The summed E-state index contributed by atoms with van der Waals surface area (Å²) in [5, 5.41) is 0. The monoisotopic (exact) mass is 176 g/mol. The zero-order valence-electron chi connectivity index (χ0n) is 6.79. The smallest absolute Gasteiger partial charge is 0.217 e. The molecular formula is C8H9F3N+. The summed E-state index contributed by atoms with van der Waals surface area (Å²) < 4.78 is 36.9. The number of rotatable bonds is 0. The Morgan fingerprint density at radius 3 is 1.75 bits per heavy atom. The van der Waals surface area contributed by atoms with Crippen LogP contribution in [0.4, 0.5) is 13.2 Å². The molecule has 0 saturated heterocycles. The van der Waals surface area contributed by atoms with Gasteiger partial charge in [0.05, 0.1) is 5.56 Å². The van der Waals surface area contributed by atoms with Crippen molar-refractivity contribution in [3.63, 3.8) is 0 Å². The molecule has 1 heterocycles. The van der Waals surface area contributed by atoms with E-state index in [0.29, 0.717) is 0 Å². The Labute approximate surface area is 68.2 Å². The second-order valence-electron chi connectivity index (χ2n) is 2.69. The molecule has 0 radical (unpaired) electrons. The lowest BCUT2D eigenvalue weighted by atomic mass is 10.1. The van der Waals surface area contributed by atoms with Gasteiger partial charge in [0.1, 0.15) is 0 Å². The molecule has 1 aromatic heterocycles. The van der Waals surface area contributed by atoms with Crippen molar-refractivity contribution in [3.8, 4) is 0 Å². The second kappa shape index (κ2) is 2.77. The Morgan fingerprint density at radius 2 is 1.50 bits per heavy atom. The minimum atomic E-state index is -4.25. The van der Waals surface area contributed by atoms with E-state index in [1.807, 2.05) is 0 Å². The normalized spacial score (nSPS) is 11.8. The highest BCUT2D eigenvalue weighted by molar-refractivity contribution is 5.30. The Kier molecular flexibility index (Phi) is 2.08. The summed E-state index contributed by atoms with van der Waals surface area (Å²) in [7, 11) is 0. The Morgan fingerprint density at radius 1 is 1.08 bits per heavy atom. The summed E-state index contributed by atoms with van der Waals surface area (Å²) in [5.74, 6) is 0. The summed E-state index contributed by atoms with van der Waals surface area (Å²) in [5.41, 5.74) is -0.0914. The lowest BCUT2D eigenvalue weighted by molar-refractivity contribution is -0.379. The fourth-order valence-corrected chi connectivity index (χ4v) is 1.19. The first-order valence-corrected chi connectivity index (χ1v) is 3.47. The molecule has 1 rings (SSSR count). The van der Waals surface area contributed by atoms with Crippen molar-refractivity contribution < 1.29 is 18.2 Å². The van der Waals surface area contributed by atoms with Crippen LogP contribution >= 0.6 is 0 Å². The maximum absolute atomic E-state index is 12.3. The van der Waals surface area contributed by atoms with Crippen LogP contribution in [0.3, 0.4) is 0 Å². The zero-order valence-corrected chi connectivity index (χ0v) is 6.79. The van der Waals surface area contributed by atoms with E-state index in [1.54, 1.807) is 0 Å². The van der Waals surface area contributed by atoms with Crippen LogP contribution < -0.4 is 4.98 Å². The molecule has 0 aliphatic heterocycles. The van der Waals surface area contributed by atoms with Crippen molar-refractivity contribution in [3.05, 3.63) is 29.1 Å². The number of aryl methyl sites for hydroxylation is 2. The minimum Gasteiger partial charge on any atom is -0.217 e. The Hall–Kier alpha value is -1.06. The van der Waals surface area contributed by atoms with Crippen LogP contribution in [0, 0.1) is 13.8 Å². The maximum atomic E-state index is 12.3. The van der Waals surface area contributed by atoms with Crippen LogP contribution in [-0.4, -0.2) is 0 Å². The van der Waals surface area contributed by atoms with E-state index < -0.39 is 11.7 Å². The number of pyridine rings is 1. The van der Waals surface area contributed by atoms with Crippen molar-refractivity contribution in [2.24, 2.45) is 0 Å². The van der Waals surface area contributed by atoms with Crippen molar-refractivity contribution in [2.45, 2.75) is 20.0 Å². The average Bonchev–Trinajstić information content (AvgIpc) is 1.82. The fourth-order valence-electron chi connectivity index (χ4n) is 1.19. The van der Waals surface area contributed by atoms with Crippen LogP contribution in [0.5, 0.6) is 0 Å². The number of hydrogen-bond donors (Lipinski definition) is 0. The number of aromatic amines is 1. The molecule has 0 aliphatic rings. The molecule has 0 amide bonds. The van der Waals surface area contributed by atoms with E-state index in [-0.39, 0.29) is 11.1 Å². The summed E-state index contributed by atoms with van der Waals surface area (Å²) in [6.07, 6.45) is -1.56. The number of alkyl halides is 3. The van der Waals surface area contributed by atoms with Crippen LogP contribution in [0.25, 0.3) is 0 Å². The van der Waals surface area contributed by atoms with Crippen molar-refractivity contribution in [2.75, 3.05) is 0 Å². The summed E-state index contributed by atoms with van der Waals surface area (Å²) in [6.45, 7) is 2.87. The molecule has 0 unspecified atom stereocenters. The fraction of sp³-hybridized carbons (Fsp3) is 0.375. The van der Waals surface area contributed by atoms with E-state index >= 15 is 0 Å². The molecule has 0 spiro atoms. The minimum absolute atomic E-state index is 0.225. The van der Waals surface area contributed by atoms with Crippen LogP contribution in [0.1, 0.15) is 16.7 Å². The summed E-state index contributed by atoms with van der Waals surface area (Å²) >= 11 is 0. The van der Waals surface area contributed by atoms with Gasteiger partial charge in [-0.1, -0.05) is 0 Å². The van der Waals surface area contributed by atoms with Gasteiger partial charge in [-0.2, -0.15) is 13.2 Å². The molecule has 4 heteroatoms. The van der Waals surface area contributed by atoms with Gasteiger partial charge in [0.2, 0.25) is 0 Å². The maximum Gasteiger partial charge on any atom is 0.417 e. The van der Waals surface area contributed by atoms with E-state index in [9.17, 15) is 13.2 Å². The van der Waals surface area contributed by atoms with Crippen LogP contribution in [0.15, 0.2) is 12.4 Å². The lowest BCUT2D eigenvalue weighted by Crippen LogP contribution is -2.14. The Balaban J connectivity index is 3.31. The van der Waals surface area contributed by atoms with Gasteiger partial charge in [-0.15, -0.1) is 0 Å². The highest BCUT2D eigenvalue weighted by atomic mass is 19.4. The zero-order chi connectivity index (χ0) is 9.35. The number of H-pyrrole nitrogens is 1. The van der Waals surface area contributed by atoms with E-state index in [1.165, 1.54) is 26.2 Å². The average molecular weight is 176 g/mol. The molecular weight excluding hydrogens is 167 g/mol. The van der Waals surface area contributed by atoms with Gasteiger partial charge in [0.25, 0.3) is 0 Å². The topological polar surface area (TPSA) is 14.1 Å². The third-order valence-electron chi connectivity index (χ3n) is 1.67. The van der Waals surface area contributed by atoms with Crippen LogP contribution in [-0.2, 0) is 6.18 Å². The molecule has 12 heavy (non-hydrogen) atoms. The van der Waals surface area contributed by atoms with Gasteiger partial charge in [0, 0.05) is 11.1 Å². The van der Waals surface area contributed by atoms with E-state index in [0.717, 1.165) is 0 Å². The number of hydrogen-bond acceptors (Lipinski definition) is 0. The molecule has 1 N–H and O–H groups in total. The van der Waals surface area contributed by atoms with E-state index in [4.69, 9.17) is 0 Å². The molecule has 0 saturated carbocycles. The SMILES string of the molecule is Cc1c[nH+]cc(C)c1C(F)(F)F. The third-order valence-corrected chi connectivity index (χ3v) is 1.67. The Bertz CT molecular complexity index is 271. The highest BCUT2D eigenvalue weighted by Gasteiger charge is 2.35. The predicted octanol–water partition coefficient (Wildman–Crippen LogP) is 2.14. The first-order chi connectivity index (χ1) is 5.43. The predicted molar refractivity (Wildman–Crippen MR) is 37.5 cm³/mol. The second-order valence-corrected chi connectivity index (χ2v) is 2.69.